The molecule has 3 aromatic rings. The molecule has 2 aromatic carbocycles. The number of halogens is 1. The molecule has 0 atom stereocenters. The Kier molecular flexibility index (Phi) is 6.66. The van der Waals surface area contributed by atoms with E-state index >= 15 is 0 Å². The van der Waals surface area contributed by atoms with Crippen LogP contribution >= 0.6 is 11.8 Å². The van der Waals surface area contributed by atoms with Crippen LogP contribution in [0.5, 0.6) is 0 Å². The number of aryl methyl sites for hydroxylation is 1. The molecule has 1 fully saturated rings. The van der Waals surface area contributed by atoms with E-state index in [0.717, 1.165) is 37.0 Å². The third kappa shape index (κ3) is 5.32. The SMILES string of the molecule is Cc1ccc(NC(=O)CSc2nccnc2N2CCN(c3ccccc3)CC2)cc1F. The van der Waals surface area contributed by atoms with Gasteiger partial charge < -0.3 is 15.1 Å². The molecule has 31 heavy (non-hydrogen) atoms. The number of para-hydroxylation sites is 1. The van der Waals surface area contributed by atoms with Gasteiger partial charge in [-0.3, -0.25) is 4.79 Å². The predicted molar refractivity (Wildman–Crippen MR) is 123 cm³/mol. The first-order valence-electron chi connectivity index (χ1n) is 10.1. The van der Waals surface area contributed by atoms with Crippen molar-refractivity contribution < 1.29 is 9.18 Å². The van der Waals surface area contributed by atoms with Gasteiger partial charge in [-0.1, -0.05) is 36.0 Å². The number of benzene rings is 2. The Morgan fingerprint density at radius 3 is 2.48 bits per heavy atom. The van der Waals surface area contributed by atoms with Crippen molar-refractivity contribution in [3.63, 3.8) is 0 Å². The van der Waals surface area contributed by atoms with Crippen molar-refractivity contribution in [3.05, 3.63) is 72.3 Å². The zero-order valence-electron chi connectivity index (χ0n) is 17.3. The lowest BCUT2D eigenvalue weighted by atomic mass is 10.2. The second-order valence-electron chi connectivity index (χ2n) is 7.30. The van der Waals surface area contributed by atoms with E-state index in [1.165, 1.54) is 23.5 Å². The highest BCUT2D eigenvalue weighted by atomic mass is 32.2. The molecule has 1 amide bonds. The van der Waals surface area contributed by atoms with Crippen LogP contribution in [-0.2, 0) is 4.79 Å². The van der Waals surface area contributed by atoms with Crippen molar-refractivity contribution in [2.75, 3.05) is 47.0 Å². The van der Waals surface area contributed by atoms with Gasteiger partial charge >= 0.3 is 0 Å². The second kappa shape index (κ2) is 9.78. The number of rotatable bonds is 6. The molecule has 0 aliphatic carbocycles. The summed E-state index contributed by atoms with van der Waals surface area (Å²) < 4.78 is 13.7. The maximum atomic E-state index is 13.7. The van der Waals surface area contributed by atoms with Gasteiger partial charge in [0.15, 0.2) is 5.82 Å². The molecule has 1 aliphatic heterocycles. The minimum absolute atomic E-state index is 0.172. The molecule has 0 bridgehead atoms. The van der Waals surface area contributed by atoms with Crippen LogP contribution in [0.15, 0.2) is 66.0 Å². The minimum atomic E-state index is -0.337. The highest BCUT2D eigenvalue weighted by molar-refractivity contribution is 8.00. The molecule has 1 N–H and O–H groups in total. The van der Waals surface area contributed by atoms with Crippen molar-refractivity contribution in [3.8, 4) is 0 Å². The lowest BCUT2D eigenvalue weighted by Crippen LogP contribution is -2.47. The number of aromatic nitrogens is 2. The van der Waals surface area contributed by atoms with Gasteiger partial charge in [0.2, 0.25) is 5.91 Å². The fourth-order valence-corrected chi connectivity index (χ4v) is 4.24. The van der Waals surface area contributed by atoms with Crippen LogP contribution in [0, 0.1) is 12.7 Å². The first-order chi connectivity index (χ1) is 15.1. The molecular formula is C23H24FN5OS. The van der Waals surface area contributed by atoms with Crippen LogP contribution < -0.4 is 15.1 Å². The largest absolute Gasteiger partial charge is 0.368 e. The Labute approximate surface area is 185 Å². The van der Waals surface area contributed by atoms with Gasteiger partial charge in [-0.25, -0.2) is 14.4 Å². The van der Waals surface area contributed by atoms with Crippen molar-refractivity contribution in [1.29, 1.82) is 0 Å². The Morgan fingerprint density at radius 2 is 1.74 bits per heavy atom. The maximum absolute atomic E-state index is 13.7. The third-order valence-electron chi connectivity index (χ3n) is 5.14. The Balaban J connectivity index is 1.35. The average molecular weight is 438 g/mol. The van der Waals surface area contributed by atoms with Crippen molar-refractivity contribution in [1.82, 2.24) is 9.97 Å². The highest BCUT2D eigenvalue weighted by Gasteiger charge is 2.21. The molecule has 4 rings (SSSR count). The summed E-state index contributed by atoms with van der Waals surface area (Å²) in [4.78, 5) is 25.9. The van der Waals surface area contributed by atoms with E-state index < -0.39 is 0 Å². The van der Waals surface area contributed by atoms with E-state index in [0.29, 0.717) is 11.3 Å². The van der Waals surface area contributed by atoms with Crippen LogP contribution in [-0.4, -0.2) is 47.8 Å². The van der Waals surface area contributed by atoms with E-state index in [4.69, 9.17) is 0 Å². The zero-order valence-corrected chi connectivity index (χ0v) is 18.1. The van der Waals surface area contributed by atoms with Gasteiger partial charge in [0.25, 0.3) is 0 Å². The van der Waals surface area contributed by atoms with E-state index in [1.807, 2.05) is 6.07 Å². The first kappa shape index (κ1) is 21.1. The predicted octanol–water partition coefficient (Wildman–Crippen LogP) is 3.98. The number of nitrogens with zero attached hydrogens (tertiary/aromatic N) is 4. The number of hydrogen-bond donors (Lipinski definition) is 1. The van der Waals surface area contributed by atoms with E-state index in [1.54, 1.807) is 31.5 Å². The van der Waals surface area contributed by atoms with Gasteiger partial charge in [-0.2, -0.15) is 0 Å². The number of anilines is 3. The smallest absolute Gasteiger partial charge is 0.234 e. The Hall–Kier alpha value is -3.13. The van der Waals surface area contributed by atoms with Crippen LogP contribution in [0.2, 0.25) is 0 Å². The van der Waals surface area contributed by atoms with Crippen LogP contribution in [0.4, 0.5) is 21.6 Å². The number of carbonyl (C=O) groups is 1. The lowest BCUT2D eigenvalue weighted by Gasteiger charge is -2.37. The molecule has 160 valence electrons. The molecule has 8 heteroatoms. The topological polar surface area (TPSA) is 61.4 Å². The standard InChI is InChI=1S/C23H24FN5OS/c1-17-7-8-18(15-20(17)24)27-21(30)16-31-23-22(25-9-10-26-23)29-13-11-28(12-14-29)19-5-3-2-4-6-19/h2-10,15H,11-14,16H2,1H3,(H,27,30). The summed E-state index contributed by atoms with van der Waals surface area (Å²) >= 11 is 1.34. The summed E-state index contributed by atoms with van der Waals surface area (Å²) in [6.45, 7) is 5.13. The average Bonchev–Trinajstić information content (AvgIpc) is 2.81. The fourth-order valence-electron chi connectivity index (χ4n) is 3.45. The van der Waals surface area contributed by atoms with Gasteiger partial charge in [0.05, 0.1) is 5.75 Å². The number of thioether (sulfide) groups is 1. The summed E-state index contributed by atoms with van der Waals surface area (Å²) in [5.74, 6) is 0.426. The van der Waals surface area contributed by atoms with Gasteiger partial charge in [0.1, 0.15) is 10.8 Å². The van der Waals surface area contributed by atoms with Crippen LogP contribution in [0.3, 0.4) is 0 Å². The molecule has 2 heterocycles. The molecule has 1 saturated heterocycles. The van der Waals surface area contributed by atoms with E-state index in [-0.39, 0.29) is 17.5 Å². The molecule has 0 unspecified atom stereocenters. The monoisotopic (exact) mass is 437 g/mol. The summed E-state index contributed by atoms with van der Waals surface area (Å²) in [5.41, 5.74) is 2.22. The summed E-state index contributed by atoms with van der Waals surface area (Å²) in [6, 6.07) is 15.0. The third-order valence-corrected chi connectivity index (χ3v) is 6.11. The van der Waals surface area contributed by atoms with Gasteiger partial charge in [-0.15, -0.1) is 0 Å². The summed E-state index contributed by atoms with van der Waals surface area (Å²) in [6.07, 6.45) is 3.32. The van der Waals surface area contributed by atoms with Gasteiger partial charge in [-0.05, 0) is 36.8 Å². The van der Waals surface area contributed by atoms with E-state index in [9.17, 15) is 9.18 Å². The van der Waals surface area contributed by atoms with Gasteiger partial charge in [0, 0.05) is 49.9 Å². The number of amides is 1. The summed E-state index contributed by atoms with van der Waals surface area (Å²) in [5, 5.41) is 3.46. The number of piperazine rings is 1. The molecule has 6 nitrogen and oxygen atoms in total. The number of hydrogen-bond acceptors (Lipinski definition) is 6. The quantitative estimate of drug-likeness (QED) is 0.589. The number of nitrogens with one attached hydrogen (secondary N) is 1. The van der Waals surface area contributed by atoms with Crippen LogP contribution in [0.1, 0.15) is 5.56 Å². The van der Waals surface area contributed by atoms with Crippen molar-refractivity contribution >= 4 is 34.9 Å². The van der Waals surface area contributed by atoms with Crippen molar-refractivity contribution in [2.24, 2.45) is 0 Å². The molecule has 0 spiro atoms. The maximum Gasteiger partial charge on any atom is 0.234 e. The summed E-state index contributed by atoms with van der Waals surface area (Å²) in [7, 11) is 0. The van der Waals surface area contributed by atoms with E-state index in [2.05, 4.69) is 49.4 Å². The lowest BCUT2D eigenvalue weighted by molar-refractivity contribution is -0.113. The highest BCUT2D eigenvalue weighted by Crippen LogP contribution is 2.27. The molecule has 1 aromatic heterocycles. The van der Waals surface area contributed by atoms with Crippen molar-refractivity contribution in [2.45, 2.75) is 11.9 Å². The zero-order chi connectivity index (χ0) is 21.6. The molecule has 0 saturated carbocycles. The van der Waals surface area contributed by atoms with Crippen LogP contribution in [0.25, 0.3) is 0 Å². The molecule has 0 radical (unpaired) electrons. The molecular weight excluding hydrogens is 413 g/mol. The Morgan fingerprint density at radius 1 is 1.03 bits per heavy atom. The molecule has 1 aliphatic rings. The minimum Gasteiger partial charge on any atom is -0.368 e. The fraction of sp³-hybridized carbons (Fsp3) is 0.261. The Bertz CT molecular complexity index is 1040. The number of carbonyl (C=O) groups excluding carboxylic acids is 1. The normalized spacial score (nSPS) is 13.9. The second-order valence-corrected chi connectivity index (χ2v) is 8.26. The first-order valence-corrected chi connectivity index (χ1v) is 11.1.